The number of rotatable bonds is 4. The maximum Gasteiger partial charge on any atom is 0.0327 e. The summed E-state index contributed by atoms with van der Waals surface area (Å²) in [4.78, 5) is 2.50. The third kappa shape index (κ3) is 3.52. The second-order valence-electron chi connectivity index (χ2n) is 7.85. The van der Waals surface area contributed by atoms with Crippen molar-refractivity contribution < 1.29 is 0 Å². The first kappa shape index (κ1) is 15.3. The van der Waals surface area contributed by atoms with Crippen molar-refractivity contribution in [1.82, 2.24) is 10.2 Å². The van der Waals surface area contributed by atoms with E-state index in [0.717, 1.165) is 6.04 Å². The number of nitrogens with one attached hydrogen (secondary N) is 1. The van der Waals surface area contributed by atoms with Crippen molar-refractivity contribution in [2.45, 2.75) is 83.2 Å². The van der Waals surface area contributed by atoms with Crippen LogP contribution in [0.2, 0.25) is 0 Å². The van der Waals surface area contributed by atoms with E-state index in [1.54, 1.807) is 0 Å². The molecule has 2 aliphatic rings. The number of nitrogens with zero attached hydrogens (tertiary/aromatic N) is 1. The summed E-state index contributed by atoms with van der Waals surface area (Å²) in [7, 11) is 4.55. The van der Waals surface area contributed by atoms with Gasteiger partial charge in [0.1, 0.15) is 0 Å². The van der Waals surface area contributed by atoms with E-state index in [1.165, 1.54) is 64.3 Å². The minimum absolute atomic E-state index is 0.422. The van der Waals surface area contributed by atoms with Gasteiger partial charge in [0.2, 0.25) is 0 Å². The number of hydrogen-bond donors (Lipinski definition) is 1. The molecule has 0 aromatic heterocycles. The van der Waals surface area contributed by atoms with Crippen LogP contribution in [-0.2, 0) is 0 Å². The Morgan fingerprint density at radius 3 is 2.16 bits per heavy atom. The third-order valence-corrected chi connectivity index (χ3v) is 5.92. The Kier molecular flexibility index (Phi) is 4.94. The van der Waals surface area contributed by atoms with Crippen molar-refractivity contribution in [2.75, 3.05) is 20.6 Å². The molecule has 2 aliphatic carbocycles. The first-order valence-electron chi connectivity index (χ1n) is 8.37. The third-order valence-electron chi connectivity index (χ3n) is 5.92. The van der Waals surface area contributed by atoms with E-state index in [1.807, 2.05) is 0 Å². The molecule has 1 N–H and O–H groups in total. The molecule has 1 atom stereocenters. The molecule has 0 aliphatic heterocycles. The Morgan fingerprint density at radius 1 is 0.947 bits per heavy atom. The smallest absolute Gasteiger partial charge is 0.0327 e. The van der Waals surface area contributed by atoms with Crippen LogP contribution in [0.5, 0.6) is 0 Å². The van der Waals surface area contributed by atoms with Gasteiger partial charge in [0, 0.05) is 18.1 Å². The summed E-state index contributed by atoms with van der Waals surface area (Å²) in [6.07, 6.45) is 12.6. The van der Waals surface area contributed by atoms with Crippen LogP contribution in [0, 0.1) is 5.41 Å². The highest BCUT2D eigenvalue weighted by Gasteiger charge is 2.37. The summed E-state index contributed by atoms with van der Waals surface area (Å²) in [6.45, 7) is 6.09. The molecule has 0 saturated heterocycles. The summed E-state index contributed by atoms with van der Waals surface area (Å²) in [5.74, 6) is 0. The van der Waals surface area contributed by atoms with Crippen molar-refractivity contribution in [1.29, 1.82) is 0 Å². The van der Waals surface area contributed by atoms with E-state index in [9.17, 15) is 0 Å². The lowest BCUT2D eigenvalue weighted by Crippen LogP contribution is -2.56. The lowest BCUT2D eigenvalue weighted by atomic mass is 9.72. The van der Waals surface area contributed by atoms with Crippen LogP contribution in [0.4, 0.5) is 0 Å². The first-order valence-corrected chi connectivity index (χ1v) is 8.37. The molecule has 0 spiro atoms. The molecule has 0 radical (unpaired) electrons. The molecular formula is C17H34N2. The van der Waals surface area contributed by atoms with Gasteiger partial charge in [0.15, 0.2) is 0 Å². The molecule has 1 unspecified atom stereocenters. The zero-order valence-electron chi connectivity index (χ0n) is 13.6. The Bertz CT molecular complexity index is 277. The van der Waals surface area contributed by atoms with Gasteiger partial charge in [0.05, 0.1) is 0 Å². The highest BCUT2D eigenvalue weighted by Crippen LogP contribution is 2.37. The van der Waals surface area contributed by atoms with Crippen LogP contribution >= 0.6 is 0 Å². The van der Waals surface area contributed by atoms with Gasteiger partial charge in [-0.25, -0.2) is 0 Å². The Morgan fingerprint density at radius 2 is 1.58 bits per heavy atom. The Labute approximate surface area is 120 Å². The molecule has 0 amide bonds. The highest BCUT2D eigenvalue weighted by molar-refractivity contribution is 4.96. The molecule has 2 fully saturated rings. The Balaban J connectivity index is 1.94. The number of likely N-dealkylation sites (N-methyl/N-ethyl adjacent to an activating group) is 1. The van der Waals surface area contributed by atoms with Crippen LogP contribution in [0.15, 0.2) is 0 Å². The topological polar surface area (TPSA) is 15.3 Å². The molecule has 0 aromatic carbocycles. The summed E-state index contributed by atoms with van der Waals surface area (Å²) in [5, 5.41) is 3.96. The second kappa shape index (κ2) is 6.13. The van der Waals surface area contributed by atoms with Gasteiger partial charge in [-0.1, -0.05) is 46.0 Å². The molecule has 0 heterocycles. The maximum absolute atomic E-state index is 3.96. The average molecular weight is 266 g/mol. The van der Waals surface area contributed by atoms with Crippen LogP contribution in [0.1, 0.15) is 71.6 Å². The summed E-state index contributed by atoms with van der Waals surface area (Å²) >= 11 is 0. The van der Waals surface area contributed by atoms with Crippen molar-refractivity contribution >= 4 is 0 Å². The zero-order valence-corrected chi connectivity index (χ0v) is 13.6. The molecule has 19 heavy (non-hydrogen) atoms. The van der Waals surface area contributed by atoms with E-state index in [4.69, 9.17) is 0 Å². The monoisotopic (exact) mass is 266 g/mol. The highest BCUT2D eigenvalue weighted by atomic mass is 15.2. The standard InChI is InChI=1S/C17H34N2/c1-16(2)11-9-6-10-15(16)18-14-17(19(3)4)12-7-5-8-13-17/h15,18H,5-14H2,1-4H3. The van der Waals surface area contributed by atoms with Crippen LogP contribution in [0.3, 0.4) is 0 Å². The molecule has 2 saturated carbocycles. The number of hydrogen-bond acceptors (Lipinski definition) is 2. The van der Waals surface area contributed by atoms with E-state index < -0.39 is 0 Å². The summed E-state index contributed by atoms with van der Waals surface area (Å²) in [6, 6.07) is 0.722. The fourth-order valence-electron chi connectivity index (χ4n) is 4.18. The lowest BCUT2D eigenvalue weighted by molar-refractivity contribution is 0.0778. The normalized spacial score (nSPS) is 30.5. The average Bonchev–Trinajstić information content (AvgIpc) is 2.38. The first-order chi connectivity index (χ1) is 8.96. The predicted molar refractivity (Wildman–Crippen MR) is 83.5 cm³/mol. The van der Waals surface area contributed by atoms with E-state index in [0.29, 0.717) is 11.0 Å². The minimum atomic E-state index is 0.422. The van der Waals surface area contributed by atoms with Gasteiger partial charge >= 0.3 is 0 Å². The van der Waals surface area contributed by atoms with Gasteiger partial charge < -0.3 is 10.2 Å². The zero-order chi connectivity index (χ0) is 13.9. The van der Waals surface area contributed by atoms with E-state index >= 15 is 0 Å². The van der Waals surface area contributed by atoms with E-state index in [2.05, 4.69) is 38.2 Å². The SMILES string of the molecule is CN(C)C1(CNC2CCCCC2(C)C)CCCCC1. The van der Waals surface area contributed by atoms with Gasteiger partial charge in [-0.05, 0) is 45.2 Å². The van der Waals surface area contributed by atoms with Crippen LogP contribution in [0.25, 0.3) is 0 Å². The molecule has 112 valence electrons. The van der Waals surface area contributed by atoms with Crippen LogP contribution in [-0.4, -0.2) is 37.1 Å². The molecular weight excluding hydrogens is 232 g/mol. The summed E-state index contributed by atoms with van der Waals surface area (Å²) in [5.41, 5.74) is 0.909. The van der Waals surface area contributed by atoms with Gasteiger partial charge in [0.25, 0.3) is 0 Å². The molecule has 0 aromatic rings. The van der Waals surface area contributed by atoms with Crippen molar-refractivity contribution in [3.63, 3.8) is 0 Å². The molecule has 2 rings (SSSR count). The lowest BCUT2D eigenvalue weighted by Gasteiger charge is -2.46. The molecule has 0 bridgehead atoms. The maximum atomic E-state index is 3.96. The van der Waals surface area contributed by atoms with Crippen molar-refractivity contribution in [3.05, 3.63) is 0 Å². The predicted octanol–water partition coefficient (Wildman–Crippen LogP) is 3.81. The van der Waals surface area contributed by atoms with Gasteiger partial charge in [-0.15, -0.1) is 0 Å². The van der Waals surface area contributed by atoms with Crippen LogP contribution < -0.4 is 5.32 Å². The van der Waals surface area contributed by atoms with Gasteiger partial charge in [-0.2, -0.15) is 0 Å². The Hall–Kier alpha value is -0.0800. The van der Waals surface area contributed by atoms with E-state index in [-0.39, 0.29) is 0 Å². The largest absolute Gasteiger partial charge is 0.312 e. The quantitative estimate of drug-likeness (QED) is 0.832. The van der Waals surface area contributed by atoms with Crippen molar-refractivity contribution in [3.8, 4) is 0 Å². The molecule has 2 nitrogen and oxygen atoms in total. The molecule has 2 heteroatoms. The summed E-state index contributed by atoms with van der Waals surface area (Å²) < 4.78 is 0. The second-order valence-corrected chi connectivity index (χ2v) is 7.85. The van der Waals surface area contributed by atoms with Crippen molar-refractivity contribution in [2.24, 2.45) is 5.41 Å². The fraction of sp³-hybridized carbons (Fsp3) is 1.00. The van der Waals surface area contributed by atoms with Gasteiger partial charge in [-0.3, -0.25) is 0 Å². The minimum Gasteiger partial charge on any atom is -0.312 e. The fourth-order valence-corrected chi connectivity index (χ4v) is 4.18.